The van der Waals surface area contributed by atoms with E-state index in [1.165, 1.54) is 19.9 Å². The second kappa shape index (κ2) is 5.40. The van der Waals surface area contributed by atoms with Crippen LogP contribution in [0.1, 0.15) is 28.4 Å². The van der Waals surface area contributed by atoms with E-state index in [1.807, 2.05) is 6.92 Å². The van der Waals surface area contributed by atoms with Gasteiger partial charge in [-0.05, 0) is 26.8 Å². The van der Waals surface area contributed by atoms with E-state index in [0.717, 1.165) is 0 Å². The summed E-state index contributed by atoms with van der Waals surface area (Å²) in [6, 6.07) is 0. The lowest BCUT2D eigenvalue weighted by molar-refractivity contribution is 0.104. The number of rotatable bonds is 3. The van der Waals surface area contributed by atoms with Crippen LogP contribution in [0, 0.1) is 13.8 Å². The summed E-state index contributed by atoms with van der Waals surface area (Å²) in [5.74, 6) is -1.52. The van der Waals surface area contributed by atoms with Gasteiger partial charge in [-0.3, -0.25) is 4.79 Å². The number of allylic oxidation sites excluding steroid dienone is 4. The quantitative estimate of drug-likeness (QED) is 0.253. The zero-order valence-electron chi connectivity index (χ0n) is 10.6. The number of ketones is 1. The average Bonchev–Trinajstić information content (AvgIpc) is 2.34. The van der Waals surface area contributed by atoms with Crippen LogP contribution in [0.2, 0.25) is 0 Å². The molecule has 1 aromatic rings. The summed E-state index contributed by atoms with van der Waals surface area (Å²) in [4.78, 5) is 11.9. The van der Waals surface area contributed by atoms with E-state index in [1.54, 1.807) is 18.2 Å². The topological polar surface area (TPSA) is 77.8 Å². The normalized spacial score (nSPS) is 11.5. The number of hydrogen-bond acceptors (Lipinski definition) is 4. The first kappa shape index (κ1) is 13.8. The molecule has 0 amide bonds. The van der Waals surface area contributed by atoms with Gasteiger partial charge in [0.25, 0.3) is 0 Å². The molecule has 0 aliphatic heterocycles. The fourth-order valence-corrected chi connectivity index (χ4v) is 1.59. The first-order valence-electron chi connectivity index (χ1n) is 5.49. The first-order chi connectivity index (χ1) is 8.41. The molecular weight excluding hydrogens is 232 g/mol. The summed E-state index contributed by atoms with van der Waals surface area (Å²) in [5, 5.41) is 29.1. The molecule has 0 heterocycles. The Labute approximate surface area is 106 Å². The Balaban J connectivity index is 3.38. The van der Waals surface area contributed by atoms with E-state index < -0.39 is 11.5 Å². The standard InChI is InChI=1S/C14H16O4/c1-4-5-6-7-10(15)11-8(2)13(17)14(18)9(3)12(11)16/h4-7,16-18H,1-3H3/b5-4+,7-6+. The Morgan fingerprint density at radius 2 is 1.50 bits per heavy atom. The third-order valence-corrected chi connectivity index (χ3v) is 2.70. The second-order valence-corrected chi connectivity index (χ2v) is 3.92. The number of aromatic hydroxyl groups is 3. The Kier molecular flexibility index (Phi) is 4.15. The van der Waals surface area contributed by atoms with Crippen LogP contribution in [-0.2, 0) is 0 Å². The second-order valence-electron chi connectivity index (χ2n) is 3.92. The van der Waals surface area contributed by atoms with Gasteiger partial charge in [-0.1, -0.05) is 18.2 Å². The van der Waals surface area contributed by atoms with Crippen molar-refractivity contribution in [2.24, 2.45) is 0 Å². The minimum atomic E-state index is -0.429. The Hall–Kier alpha value is -2.23. The van der Waals surface area contributed by atoms with Gasteiger partial charge < -0.3 is 15.3 Å². The van der Waals surface area contributed by atoms with E-state index in [2.05, 4.69) is 0 Å². The smallest absolute Gasteiger partial charge is 0.189 e. The summed E-state index contributed by atoms with van der Waals surface area (Å²) in [7, 11) is 0. The van der Waals surface area contributed by atoms with Crippen LogP contribution in [0.25, 0.3) is 0 Å². The van der Waals surface area contributed by atoms with Crippen LogP contribution in [0.4, 0.5) is 0 Å². The van der Waals surface area contributed by atoms with Crippen LogP contribution in [0.3, 0.4) is 0 Å². The SMILES string of the molecule is C/C=C/C=C/C(=O)c1c(C)c(O)c(O)c(C)c1O. The highest BCUT2D eigenvalue weighted by Gasteiger charge is 2.21. The molecule has 96 valence electrons. The van der Waals surface area contributed by atoms with Crippen molar-refractivity contribution in [1.82, 2.24) is 0 Å². The first-order valence-corrected chi connectivity index (χ1v) is 5.49. The molecule has 18 heavy (non-hydrogen) atoms. The maximum Gasteiger partial charge on any atom is 0.189 e. The molecule has 0 radical (unpaired) electrons. The van der Waals surface area contributed by atoms with Crippen LogP contribution >= 0.6 is 0 Å². The number of phenolic OH excluding ortho intramolecular Hbond substituents is 3. The molecule has 0 spiro atoms. The van der Waals surface area contributed by atoms with Crippen molar-refractivity contribution in [1.29, 1.82) is 0 Å². The Morgan fingerprint density at radius 1 is 0.944 bits per heavy atom. The minimum absolute atomic E-state index is 0.00329. The highest BCUT2D eigenvalue weighted by Crippen LogP contribution is 2.41. The predicted molar refractivity (Wildman–Crippen MR) is 69.2 cm³/mol. The maximum absolute atomic E-state index is 11.9. The number of carbonyl (C=O) groups is 1. The summed E-state index contributed by atoms with van der Waals surface area (Å²) < 4.78 is 0. The predicted octanol–water partition coefficient (Wildman–Crippen LogP) is 2.74. The summed E-state index contributed by atoms with van der Waals surface area (Å²) >= 11 is 0. The van der Waals surface area contributed by atoms with E-state index in [4.69, 9.17) is 0 Å². The average molecular weight is 248 g/mol. The van der Waals surface area contributed by atoms with Gasteiger partial charge in [0, 0.05) is 11.1 Å². The fourth-order valence-electron chi connectivity index (χ4n) is 1.59. The van der Waals surface area contributed by atoms with Crippen molar-refractivity contribution in [3.05, 3.63) is 41.0 Å². The molecule has 0 unspecified atom stereocenters. The van der Waals surface area contributed by atoms with Gasteiger partial charge in [0.05, 0.1) is 5.56 Å². The van der Waals surface area contributed by atoms with Crippen LogP contribution in [0.5, 0.6) is 17.2 Å². The molecule has 1 aromatic carbocycles. The van der Waals surface area contributed by atoms with E-state index in [-0.39, 0.29) is 28.2 Å². The van der Waals surface area contributed by atoms with E-state index in [0.29, 0.717) is 0 Å². The molecular formula is C14H16O4. The van der Waals surface area contributed by atoms with Crippen molar-refractivity contribution in [2.45, 2.75) is 20.8 Å². The number of hydrogen-bond donors (Lipinski definition) is 3. The maximum atomic E-state index is 11.9. The van der Waals surface area contributed by atoms with Crippen molar-refractivity contribution in [3.8, 4) is 17.2 Å². The highest BCUT2D eigenvalue weighted by molar-refractivity contribution is 6.08. The monoisotopic (exact) mass is 248 g/mol. The number of benzene rings is 1. The molecule has 0 aliphatic rings. The van der Waals surface area contributed by atoms with Crippen LogP contribution < -0.4 is 0 Å². The molecule has 4 heteroatoms. The number of phenols is 3. The third kappa shape index (κ3) is 2.37. The fraction of sp³-hybridized carbons (Fsp3) is 0.214. The van der Waals surface area contributed by atoms with Gasteiger partial charge in [-0.25, -0.2) is 0 Å². The molecule has 0 atom stereocenters. The lowest BCUT2D eigenvalue weighted by atomic mass is 9.97. The van der Waals surface area contributed by atoms with Gasteiger partial charge in [0.15, 0.2) is 17.3 Å². The summed E-state index contributed by atoms with van der Waals surface area (Å²) in [6.07, 6.45) is 6.27. The molecule has 3 N–H and O–H groups in total. The van der Waals surface area contributed by atoms with Crippen molar-refractivity contribution in [3.63, 3.8) is 0 Å². The van der Waals surface area contributed by atoms with Gasteiger partial charge in [-0.2, -0.15) is 0 Å². The molecule has 0 bridgehead atoms. The third-order valence-electron chi connectivity index (χ3n) is 2.70. The van der Waals surface area contributed by atoms with Gasteiger partial charge in [0.2, 0.25) is 0 Å². The van der Waals surface area contributed by atoms with Crippen molar-refractivity contribution in [2.75, 3.05) is 0 Å². The zero-order chi connectivity index (χ0) is 13.9. The molecule has 0 aromatic heterocycles. The van der Waals surface area contributed by atoms with E-state index >= 15 is 0 Å². The Morgan fingerprint density at radius 3 is 2.06 bits per heavy atom. The minimum Gasteiger partial charge on any atom is -0.507 e. The molecule has 0 fully saturated rings. The largest absolute Gasteiger partial charge is 0.507 e. The van der Waals surface area contributed by atoms with Gasteiger partial charge in [0.1, 0.15) is 5.75 Å². The van der Waals surface area contributed by atoms with Gasteiger partial charge >= 0.3 is 0 Å². The van der Waals surface area contributed by atoms with Gasteiger partial charge in [-0.15, -0.1) is 0 Å². The molecule has 0 saturated heterocycles. The number of carbonyl (C=O) groups excluding carboxylic acids is 1. The zero-order valence-corrected chi connectivity index (χ0v) is 10.6. The molecule has 4 nitrogen and oxygen atoms in total. The summed E-state index contributed by atoms with van der Waals surface area (Å²) in [6.45, 7) is 4.70. The lowest BCUT2D eigenvalue weighted by Gasteiger charge is -2.12. The molecule has 0 saturated carbocycles. The highest BCUT2D eigenvalue weighted by atomic mass is 16.3. The van der Waals surface area contributed by atoms with Crippen LogP contribution in [0.15, 0.2) is 24.3 Å². The molecule has 1 rings (SSSR count). The van der Waals surface area contributed by atoms with Crippen molar-refractivity contribution >= 4 is 5.78 Å². The van der Waals surface area contributed by atoms with E-state index in [9.17, 15) is 20.1 Å². The molecule has 0 aliphatic carbocycles. The Bertz CT molecular complexity index is 510. The lowest BCUT2D eigenvalue weighted by Crippen LogP contribution is -2.01. The van der Waals surface area contributed by atoms with Crippen molar-refractivity contribution < 1.29 is 20.1 Å². The summed E-state index contributed by atoms with van der Waals surface area (Å²) in [5.41, 5.74) is 0.246. The van der Waals surface area contributed by atoms with Crippen LogP contribution in [-0.4, -0.2) is 21.1 Å².